The van der Waals surface area contributed by atoms with Gasteiger partial charge in [-0.1, -0.05) is 6.07 Å². The van der Waals surface area contributed by atoms with E-state index in [-0.39, 0.29) is 6.10 Å². The van der Waals surface area contributed by atoms with E-state index in [0.29, 0.717) is 0 Å². The van der Waals surface area contributed by atoms with E-state index in [4.69, 9.17) is 0 Å². The molecule has 0 aromatic carbocycles. The molecule has 0 bridgehead atoms. The molecule has 1 N–H and O–H groups in total. The first-order valence-corrected chi connectivity index (χ1v) is 6.83. The van der Waals surface area contributed by atoms with Crippen molar-refractivity contribution in [3.05, 3.63) is 44.3 Å². The van der Waals surface area contributed by atoms with Crippen LogP contribution in [0.2, 0.25) is 0 Å². The third-order valence-electron chi connectivity index (χ3n) is 2.50. The smallest absolute Gasteiger partial charge is 0.0804 e. The van der Waals surface area contributed by atoms with E-state index in [1.54, 1.807) is 22.7 Å². The molecular weight excluding hydrogens is 224 g/mol. The molecule has 1 nitrogen and oxygen atoms in total. The zero-order valence-corrected chi connectivity index (χ0v) is 10.3. The van der Waals surface area contributed by atoms with E-state index in [0.717, 1.165) is 18.4 Å². The average Bonchev–Trinajstić information content (AvgIpc) is 2.84. The Hall–Kier alpha value is -0.640. The summed E-state index contributed by atoms with van der Waals surface area (Å²) in [6, 6.07) is 4.18. The van der Waals surface area contributed by atoms with Crippen LogP contribution in [0, 0.1) is 6.92 Å². The Morgan fingerprint density at radius 2 is 2.27 bits per heavy atom. The normalized spacial score (nSPS) is 12.9. The van der Waals surface area contributed by atoms with Crippen molar-refractivity contribution in [2.45, 2.75) is 25.9 Å². The van der Waals surface area contributed by atoms with Crippen molar-refractivity contribution < 1.29 is 5.11 Å². The van der Waals surface area contributed by atoms with Crippen molar-refractivity contribution in [2.75, 3.05) is 0 Å². The fraction of sp³-hybridized carbons (Fsp3) is 0.333. The van der Waals surface area contributed by atoms with Gasteiger partial charge in [0.2, 0.25) is 0 Å². The van der Waals surface area contributed by atoms with Gasteiger partial charge < -0.3 is 5.11 Å². The molecule has 0 aliphatic rings. The fourth-order valence-corrected chi connectivity index (χ4v) is 3.22. The number of aryl methyl sites for hydroxylation is 2. The number of hydrogen-bond acceptors (Lipinski definition) is 3. The molecule has 0 saturated heterocycles. The lowest BCUT2D eigenvalue weighted by molar-refractivity contribution is 0.168. The summed E-state index contributed by atoms with van der Waals surface area (Å²) in [6.45, 7) is 2.06. The summed E-state index contributed by atoms with van der Waals surface area (Å²) in [5.74, 6) is 0. The molecule has 0 saturated carbocycles. The first-order valence-electron chi connectivity index (χ1n) is 5.00. The second-order valence-corrected chi connectivity index (χ2v) is 5.42. The van der Waals surface area contributed by atoms with Crippen LogP contribution in [0.25, 0.3) is 0 Å². The minimum Gasteiger partial charge on any atom is -0.388 e. The van der Waals surface area contributed by atoms with E-state index in [1.165, 1.54) is 10.4 Å². The fourth-order valence-electron chi connectivity index (χ4n) is 1.60. The van der Waals surface area contributed by atoms with Crippen LogP contribution >= 0.6 is 22.7 Å². The van der Waals surface area contributed by atoms with Gasteiger partial charge in [0, 0.05) is 4.88 Å². The SMILES string of the molecule is Cc1cscc1C(O)CCc1cccs1. The summed E-state index contributed by atoms with van der Waals surface area (Å²) in [6.07, 6.45) is 1.48. The second kappa shape index (κ2) is 4.92. The summed E-state index contributed by atoms with van der Waals surface area (Å²) < 4.78 is 0. The van der Waals surface area contributed by atoms with Crippen molar-refractivity contribution in [2.24, 2.45) is 0 Å². The molecule has 2 rings (SSSR count). The van der Waals surface area contributed by atoms with Gasteiger partial charge in [-0.25, -0.2) is 0 Å². The van der Waals surface area contributed by atoms with E-state index in [2.05, 4.69) is 35.2 Å². The lowest BCUT2D eigenvalue weighted by Gasteiger charge is -2.09. The molecular formula is C12H14OS2. The van der Waals surface area contributed by atoms with Crippen molar-refractivity contribution in [1.29, 1.82) is 0 Å². The predicted octanol–water partition coefficient (Wildman–Crippen LogP) is 3.78. The Bertz CT molecular complexity index is 403. The third-order valence-corrected chi connectivity index (χ3v) is 4.31. The molecule has 1 unspecified atom stereocenters. The number of aliphatic hydroxyl groups excluding tert-OH is 1. The van der Waals surface area contributed by atoms with Gasteiger partial charge in [-0.3, -0.25) is 0 Å². The van der Waals surface area contributed by atoms with E-state index in [9.17, 15) is 5.11 Å². The van der Waals surface area contributed by atoms with Gasteiger partial charge in [0.15, 0.2) is 0 Å². The highest BCUT2D eigenvalue weighted by atomic mass is 32.1. The molecule has 1 atom stereocenters. The van der Waals surface area contributed by atoms with E-state index < -0.39 is 0 Å². The minimum atomic E-state index is -0.307. The minimum absolute atomic E-state index is 0.307. The molecule has 2 aromatic heterocycles. The molecule has 0 spiro atoms. The van der Waals surface area contributed by atoms with Crippen molar-refractivity contribution in [3.63, 3.8) is 0 Å². The Morgan fingerprint density at radius 1 is 1.40 bits per heavy atom. The molecule has 15 heavy (non-hydrogen) atoms. The number of hydrogen-bond donors (Lipinski definition) is 1. The summed E-state index contributed by atoms with van der Waals surface area (Å²) in [5.41, 5.74) is 2.30. The zero-order chi connectivity index (χ0) is 10.7. The van der Waals surface area contributed by atoms with Crippen LogP contribution in [-0.2, 0) is 6.42 Å². The summed E-state index contributed by atoms with van der Waals surface area (Å²) in [7, 11) is 0. The van der Waals surface area contributed by atoms with Crippen LogP contribution in [-0.4, -0.2) is 5.11 Å². The maximum absolute atomic E-state index is 10.0. The predicted molar refractivity (Wildman–Crippen MR) is 66.7 cm³/mol. The van der Waals surface area contributed by atoms with Gasteiger partial charge in [-0.15, -0.1) is 11.3 Å². The molecule has 2 aromatic rings. The number of aliphatic hydroxyl groups is 1. The maximum atomic E-state index is 10.0. The molecule has 0 aliphatic heterocycles. The Labute approximate surface area is 98.0 Å². The average molecular weight is 238 g/mol. The Morgan fingerprint density at radius 3 is 2.87 bits per heavy atom. The van der Waals surface area contributed by atoms with Gasteiger partial charge in [0.25, 0.3) is 0 Å². The largest absolute Gasteiger partial charge is 0.388 e. The van der Waals surface area contributed by atoms with Crippen LogP contribution < -0.4 is 0 Å². The molecule has 3 heteroatoms. The third kappa shape index (κ3) is 2.68. The molecule has 0 fully saturated rings. The highest BCUT2D eigenvalue weighted by Gasteiger charge is 2.11. The highest BCUT2D eigenvalue weighted by molar-refractivity contribution is 7.09. The van der Waals surface area contributed by atoms with Crippen LogP contribution in [0.3, 0.4) is 0 Å². The molecule has 0 amide bonds. The number of thiophene rings is 2. The maximum Gasteiger partial charge on any atom is 0.0804 e. The molecule has 80 valence electrons. The lowest BCUT2D eigenvalue weighted by atomic mass is 10.0. The second-order valence-electron chi connectivity index (χ2n) is 3.64. The van der Waals surface area contributed by atoms with Crippen molar-refractivity contribution in [1.82, 2.24) is 0 Å². The topological polar surface area (TPSA) is 20.2 Å². The standard InChI is InChI=1S/C12H14OS2/c1-9-7-14-8-11(9)12(13)5-4-10-3-2-6-15-10/h2-3,6-8,12-13H,4-5H2,1H3. The first kappa shape index (κ1) is 10.9. The van der Waals surface area contributed by atoms with Crippen LogP contribution in [0.4, 0.5) is 0 Å². The highest BCUT2D eigenvalue weighted by Crippen LogP contribution is 2.26. The first-order chi connectivity index (χ1) is 7.27. The van der Waals surface area contributed by atoms with Crippen LogP contribution in [0.15, 0.2) is 28.3 Å². The van der Waals surface area contributed by atoms with Crippen molar-refractivity contribution >= 4 is 22.7 Å². The zero-order valence-electron chi connectivity index (χ0n) is 8.64. The lowest BCUT2D eigenvalue weighted by Crippen LogP contribution is -1.98. The molecule has 2 heterocycles. The van der Waals surface area contributed by atoms with Crippen LogP contribution in [0.5, 0.6) is 0 Å². The Balaban J connectivity index is 1.93. The quantitative estimate of drug-likeness (QED) is 0.859. The molecule has 0 aliphatic carbocycles. The van der Waals surface area contributed by atoms with E-state index in [1.807, 2.05) is 0 Å². The monoisotopic (exact) mass is 238 g/mol. The van der Waals surface area contributed by atoms with Gasteiger partial charge in [-0.2, -0.15) is 11.3 Å². The van der Waals surface area contributed by atoms with E-state index >= 15 is 0 Å². The number of rotatable bonds is 4. The van der Waals surface area contributed by atoms with Gasteiger partial charge >= 0.3 is 0 Å². The Kier molecular flexibility index (Phi) is 3.57. The van der Waals surface area contributed by atoms with Crippen LogP contribution in [0.1, 0.15) is 28.5 Å². The van der Waals surface area contributed by atoms with Gasteiger partial charge in [-0.05, 0) is 53.1 Å². The summed E-state index contributed by atoms with van der Waals surface area (Å²) in [4.78, 5) is 1.35. The van der Waals surface area contributed by atoms with Gasteiger partial charge in [0.05, 0.1) is 6.10 Å². The van der Waals surface area contributed by atoms with Crippen molar-refractivity contribution in [3.8, 4) is 0 Å². The summed E-state index contributed by atoms with van der Waals surface area (Å²) >= 11 is 3.42. The molecule has 0 radical (unpaired) electrons. The summed E-state index contributed by atoms with van der Waals surface area (Å²) in [5, 5.41) is 16.2. The van der Waals surface area contributed by atoms with Gasteiger partial charge in [0.1, 0.15) is 0 Å².